The van der Waals surface area contributed by atoms with Crippen molar-refractivity contribution >= 4 is 5.82 Å². The van der Waals surface area contributed by atoms with Crippen LogP contribution in [0.4, 0.5) is 5.82 Å². The zero-order valence-electron chi connectivity index (χ0n) is 13.7. The molecular weight excluding hydrogens is 300 g/mol. The lowest BCUT2D eigenvalue weighted by molar-refractivity contribution is 0.478. The molecular formula is C18H20N6. The first-order chi connectivity index (χ1) is 11.8. The van der Waals surface area contributed by atoms with Gasteiger partial charge in [-0.2, -0.15) is 0 Å². The van der Waals surface area contributed by atoms with Gasteiger partial charge in [-0.1, -0.05) is 30.3 Å². The summed E-state index contributed by atoms with van der Waals surface area (Å²) in [6, 6.07) is 10.3. The first-order valence-corrected chi connectivity index (χ1v) is 8.27. The van der Waals surface area contributed by atoms with Gasteiger partial charge < -0.3 is 9.47 Å². The summed E-state index contributed by atoms with van der Waals surface area (Å²) < 4.78 is 2.02. The van der Waals surface area contributed by atoms with E-state index in [2.05, 4.69) is 37.2 Å². The normalized spacial score (nSPS) is 17.9. The lowest BCUT2D eigenvalue weighted by atomic mass is 9.96. The highest BCUT2D eigenvalue weighted by atomic mass is 15.3. The maximum atomic E-state index is 4.59. The zero-order valence-corrected chi connectivity index (χ0v) is 13.7. The molecule has 1 aliphatic rings. The summed E-state index contributed by atoms with van der Waals surface area (Å²) in [5, 5.41) is 8.33. The topological polar surface area (TPSA) is 59.7 Å². The van der Waals surface area contributed by atoms with Crippen molar-refractivity contribution in [3.63, 3.8) is 0 Å². The van der Waals surface area contributed by atoms with E-state index in [1.165, 1.54) is 0 Å². The van der Waals surface area contributed by atoms with Gasteiger partial charge in [-0.15, -0.1) is 10.2 Å². The summed E-state index contributed by atoms with van der Waals surface area (Å²) in [6.07, 6.45) is 7.57. The second-order valence-corrected chi connectivity index (χ2v) is 6.21. The van der Waals surface area contributed by atoms with E-state index in [4.69, 9.17) is 0 Å². The Hall–Kier alpha value is -2.76. The van der Waals surface area contributed by atoms with Crippen LogP contribution < -0.4 is 4.90 Å². The van der Waals surface area contributed by atoms with E-state index in [1.54, 1.807) is 12.7 Å². The highest BCUT2D eigenvalue weighted by Crippen LogP contribution is 2.33. The van der Waals surface area contributed by atoms with Crippen LogP contribution in [-0.2, 0) is 7.05 Å². The molecule has 3 aromatic rings. The van der Waals surface area contributed by atoms with Crippen molar-refractivity contribution < 1.29 is 0 Å². The first-order valence-electron chi connectivity index (χ1n) is 8.27. The van der Waals surface area contributed by atoms with Crippen LogP contribution in [0, 0.1) is 0 Å². The molecule has 122 valence electrons. The molecule has 0 unspecified atom stereocenters. The number of hydrogen-bond acceptors (Lipinski definition) is 5. The summed E-state index contributed by atoms with van der Waals surface area (Å²) in [4.78, 5) is 11.2. The maximum absolute atomic E-state index is 4.59. The minimum absolute atomic E-state index is 0.379. The number of anilines is 1. The number of hydrogen-bond donors (Lipinski definition) is 0. The summed E-state index contributed by atoms with van der Waals surface area (Å²) in [6.45, 7) is 1.91. The molecule has 1 atom stereocenters. The molecule has 4 rings (SSSR count). The van der Waals surface area contributed by atoms with E-state index in [0.29, 0.717) is 5.92 Å². The molecule has 0 aliphatic carbocycles. The molecule has 0 radical (unpaired) electrons. The van der Waals surface area contributed by atoms with Crippen LogP contribution in [0.25, 0.3) is 11.1 Å². The number of piperidine rings is 1. The van der Waals surface area contributed by atoms with Gasteiger partial charge in [0.05, 0.1) is 0 Å². The molecule has 0 spiro atoms. The molecule has 2 aromatic heterocycles. The number of benzene rings is 1. The zero-order chi connectivity index (χ0) is 16.4. The van der Waals surface area contributed by atoms with Crippen LogP contribution in [-0.4, -0.2) is 37.8 Å². The summed E-state index contributed by atoms with van der Waals surface area (Å²) in [5.41, 5.74) is 2.23. The minimum Gasteiger partial charge on any atom is -0.355 e. The molecule has 0 saturated carbocycles. The van der Waals surface area contributed by atoms with Crippen LogP contribution in [0.15, 0.2) is 49.2 Å². The molecule has 6 nitrogen and oxygen atoms in total. The number of nitrogens with zero attached hydrogens (tertiary/aromatic N) is 6. The second kappa shape index (κ2) is 6.39. The predicted molar refractivity (Wildman–Crippen MR) is 92.7 cm³/mol. The first kappa shape index (κ1) is 14.8. The van der Waals surface area contributed by atoms with E-state index < -0.39 is 0 Å². The average Bonchev–Trinajstić information content (AvgIpc) is 3.09. The molecule has 1 aliphatic heterocycles. The highest BCUT2D eigenvalue weighted by molar-refractivity contribution is 5.75. The van der Waals surface area contributed by atoms with Gasteiger partial charge in [-0.25, -0.2) is 9.97 Å². The van der Waals surface area contributed by atoms with Crippen molar-refractivity contribution in [1.29, 1.82) is 0 Å². The van der Waals surface area contributed by atoms with Crippen LogP contribution in [0.2, 0.25) is 0 Å². The van der Waals surface area contributed by atoms with Gasteiger partial charge in [0.2, 0.25) is 0 Å². The fourth-order valence-electron chi connectivity index (χ4n) is 3.44. The SMILES string of the molecule is Cn1cnnc1[C@H]1CCCN(c2ncncc2-c2ccccc2)C1. The number of aryl methyl sites for hydroxylation is 1. The van der Waals surface area contributed by atoms with Gasteiger partial charge in [0.25, 0.3) is 0 Å². The van der Waals surface area contributed by atoms with Gasteiger partial charge in [-0.3, -0.25) is 0 Å². The van der Waals surface area contributed by atoms with Crippen molar-refractivity contribution in [2.45, 2.75) is 18.8 Å². The van der Waals surface area contributed by atoms with E-state index >= 15 is 0 Å². The third-order valence-electron chi connectivity index (χ3n) is 4.61. The van der Waals surface area contributed by atoms with Gasteiger partial charge in [0.1, 0.15) is 24.3 Å². The highest BCUT2D eigenvalue weighted by Gasteiger charge is 2.26. The number of rotatable bonds is 3. The largest absolute Gasteiger partial charge is 0.355 e. The number of aromatic nitrogens is 5. The van der Waals surface area contributed by atoms with Crippen molar-refractivity contribution in [2.75, 3.05) is 18.0 Å². The molecule has 1 saturated heterocycles. The standard InChI is InChI=1S/C18H20N6/c1-23-13-21-22-17(23)15-8-5-9-24(11-15)18-16(10-19-12-20-18)14-6-3-2-4-7-14/h2-4,6-7,10,12-13,15H,5,8-9,11H2,1H3/t15-/m0/s1. The van der Waals surface area contributed by atoms with Crippen molar-refractivity contribution in [1.82, 2.24) is 24.7 Å². The lowest BCUT2D eigenvalue weighted by Gasteiger charge is -2.34. The van der Waals surface area contributed by atoms with Gasteiger partial charge in [-0.05, 0) is 18.4 Å². The Bertz CT molecular complexity index is 813. The molecule has 1 aromatic carbocycles. The Morgan fingerprint density at radius 2 is 2.04 bits per heavy atom. The Labute approximate surface area is 141 Å². The van der Waals surface area contributed by atoms with Gasteiger partial charge >= 0.3 is 0 Å². The fraction of sp³-hybridized carbons (Fsp3) is 0.333. The molecule has 6 heteroatoms. The van der Waals surface area contributed by atoms with Crippen molar-refractivity contribution in [2.24, 2.45) is 7.05 Å². The minimum atomic E-state index is 0.379. The summed E-state index contributed by atoms with van der Waals surface area (Å²) in [5.74, 6) is 2.43. The third-order valence-corrected chi connectivity index (χ3v) is 4.61. The smallest absolute Gasteiger partial charge is 0.139 e. The van der Waals surface area contributed by atoms with Crippen LogP contribution in [0.5, 0.6) is 0 Å². The molecule has 1 fully saturated rings. The third kappa shape index (κ3) is 2.75. The Balaban J connectivity index is 1.66. The van der Waals surface area contributed by atoms with Crippen molar-refractivity contribution in [3.8, 4) is 11.1 Å². The van der Waals surface area contributed by atoms with Crippen LogP contribution in [0.1, 0.15) is 24.6 Å². The monoisotopic (exact) mass is 320 g/mol. The van der Waals surface area contributed by atoms with Crippen LogP contribution in [0.3, 0.4) is 0 Å². The molecule has 0 bridgehead atoms. The molecule has 24 heavy (non-hydrogen) atoms. The fourth-order valence-corrected chi connectivity index (χ4v) is 3.44. The lowest BCUT2D eigenvalue weighted by Crippen LogP contribution is -2.36. The Morgan fingerprint density at radius 3 is 2.83 bits per heavy atom. The Morgan fingerprint density at radius 1 is 1.17 bits per heavy atom. The quantitative estimate of drug-likeness (QED) is 0.742. The van der Waals surface area contributed by atoms with E-state index in [1.807, 2.05) is 36.0 Å². The van der Waals surface area contributed by atoms with Crippen LogP contribution >= 0.6 is 0 Å². The molecule has 0 amide bonds. The van der Waals surface area contributed by atoms with E-state index in [-0.39, 0.29) is 0 Å². The van der Waals surface area contributed by atoms with E-state index in [0.717, 1.165) is 48.7 Å². The summed E-state index contributed by atoms with van der Waals surface area (Å²) >= 11 is 0. The van der Waals surface area contributed by atoms with Gasteiger partial charge in [0, 0.05) is 37.8 Å². The summed E-state index contributed by atoms with van der Waals surface area (Å²) in [7, 11) is 2.01. The predicted octanol–water partition coefficient (Wildman–Crippen LogP) is 2.66. The van der Waals surface area contributed by atoms with Gasteiger partial charge in [0.15, 0.2) is 0 Å². The molecule has 0 N–H and O–H groups in total. The van der Waals surface area contributed by atoms with Crippen molar-refractivity contribution in [3.05, 3.63) is 55.0 Å². The average molecular weight is 320 g/mol. The maximum Gasteiger partial charge on any atom is 0.139 e. The molecule has 3 heterocycles. The van der Waals surface area contributed by atoms with E-state index in [9.17, 15) is 0 Å². The second-order valence-electron chi connectivity index (χ2n) is 6.21. The Kier molecular flexibility index (Phi) is 3.94.